The van der Waals surface area contributed by atoms with Crippen molar-refractivity contribution in [1.29, 1.82) is 0 Å². The SMILES string of the molecule is Cc1ccc2cc(-c3ccccc3F)sc2c1. The molecule has 0 spiro atoms. The molecule has 1 aromatic heterocycles. The van der Waals surface area contributed by atoms with E-state index in [0.29, 0.717) is 5.56 Å². The second kappa shape index (κ2) is 3.97. The molecule has 0 nitrogen and oxygen atoms in total. The van der Waals surface area contributed by atoms with Crippen LogP contribution in [0, 0.1) is 12.7 Å². The minimum Gasteiger partial charge on any atom is -0.206 e. The number of fused-ring (bicyclic) bond motifs is 1. The third-order valence-corrected chi connectivity index (χ3v) is 3.95. The van der Waals surface area contributed by atoms with Gasteiger partial charge < -0.3 is 0 Å². The Morgan fingerprint density at radius 1 is 1.00 bits per heavy atom. The Morgan fingerprint density at radius 3 is 2.65 bits per heavy atom. The molecule has 0 bridgehead atoms. The van der Waals surface area contributed by atoms with Gasteiger partial charge in [0, 0.05) is 15.1 Å². The highest BCUT2D eigenvalue weighted by molar-refractivity contribution is 7.22. The van der Waals surface area contributed by atoms with Crippen molar-refractivity contribution in [1.82, 2.24) is 0 Å². The molecule has 0 N–H and O–H groups in total. The van der Waals surface area contributed by atoms with Crippen LogP contribution < -0.4 is 0 Å². The maximum Gasteiger partial charge on any atom is 0.131 e. The number of aryl methyl sites for hydroxylation is 1. The fourth-order valence-electron chi connectivity index (χ4n) is 1.93. The van der Waals surface area contributed by atoms with Crippen molar-refractivity contribution in [2.24, 2.45) is 0 Å². The smallest absolute Gasteiger partial charge is 0.131 e. The van der Waals surface area contributed by atoms with Crippen molar-refractivity contribution in [2.75, 3.05) is 0 Å². The number of rotatable bonds is 1. The molecule has 0 saturated heterocycles. The van der Waals surface area contributed by atoms with E-state index in [0.717, 1.165) is 4.88 Å². The zero-order valence-corrected chi connectivity index (χ0v) is 10.2. The summed E-state index contributed by atoms with van der Waals surface area (Å²) in [5.41, 5.74) is 1.92. The lowest BCUT2D eigenvalue weighted by Crippen LogP contribution is -1.78. The largest absolute Gasteiger partial charge is 0.206 e. The lowest BCUT2D eigenvalue weighted by atomic mass is 10.1. The number of thiophene rings is 1. The summed E-state index contributed by atoms with van der Waals surface area (Å²) in [7, 11) is 0. The summed E-state index contributed by atoms with van der Waals surface area (Å²) < 4.78 is 14.9. The predicted octanol–water partition coefficient (Wildman–Crippen LogP) is 5.02. The Hall–Kier alpha value is -1.67. The van der Waals surface area contributed by atoms with E-state index in [1.807, 2.05) is 12.1 Å². The van der Waals surface area contributed by atoms with E-state index in [1.165, 1.54) is 21.7 Å². The molecule has 0 radical (unpaired) electrons. The molecule has 2 heteroatoms. The third kappa shape index (κ3) is 1.85. The first-order valence-electron chi connectivity index (χ1n) is 5.49. The highest BCUT2D eigenvalue weighted by atomic mass is 32.1. The van der Waals surface area contributed by atoms with Gasteiger partial charge in [0.25, 0.3) is 0 Å². The average molecular weight is 242 g/mol. The molecule has 0 aliphatic carbocycles. The van der Waals surface area contributed by atoms with Crippen molar-refractivity contribution in [2.45, 2.75) is 6.92 Å². The van der Waals surface area contributed by atoms with Crippen molar-refractivity contribution in [3.8, 4) is 10.4 Å². The van der Waals surface area contributed by atoms with Gasteiger partial charge in [0.15, 0.2) is 0 Å². The molecule has 0 aliphatic rings. The Labute approximate surface area is 103 Å². The molecule has 3 aromatic rings. The maximum absolute atomic E-state index is 13.7. The van der Waals surface area contributed by atoms with Crippen LogP contribution in [-0.2, 0) is 0 Å². The molecule has 84 valence electrons. The number of benzene rings is 2. The minimum atomic E-state index is -0.157. The number of halogens is 1. The van der Waals surface area contributed by atoms with Crippen molar-refractivity contribution in [3.63, 3.8) is 0 Å². The van der Waals surface area contributed by atoms with E-state index in [9.17, 15) is 4.39 Å². The molecule has 0 aliphatic heterocycles. The summed E-state index contributed by atoms with van der Waals surface area (Å²) in [6.45, 7) is 2.07. The van der Waals surface area contributed by atoms with Gasteiger partial charge >= 0.3 is 0 Å². The van der Waals surface area contributed by atoms with Crippen LogP contribution in [0.4, 0.5) is 4.39 Å². The molecule has 3 rings (SSSR count). The Bertz CT molecular complexity index is 682. The van der Waals surface area contributed by atoms with Crippen LogP contribution >= 0.6 is 11.3 Å². The summed E-state index contributed by atoms with van der Waals surface area (Å²) in [5.74, 6) is -0.157. The Kier molecular flexibility index (Phi) is 2.45. The quantitative estimate of drug-likeness (QED) is 0.562. The van der Waals surface area contributed by atoms with Gasteiger partial charge in [-0.05, 0) is 36.1 Å². The number of hydrogen-bond donors (Lipinski definition) is 0. The number of hydrogen-bond acceptors (Lipinski definition) is 1. The van der Waals surface area contributed by atoms with Gasteiger partial charge in [-0.25, -0.2) is 4.39 Å². The monoisotopic (exact) mass is 242 g/mol. The van der Waals surface area contributed by atoms with Gasteiger partial charge in [0.05, 0.1) is 0 Å². The zero-order chi connectivity index (χ0) is 11.8. The lowest BCUT2D eigenvalue weighted by molar-refractivity contribution is 0.632. The zero-order valence-electron chi connectivity index (χ0n) is 9.41. The van der Waals surface area contributed by atoms with Crippen LogP contribution in [-0.4, -0.2) is 0 Å². The second-order valence-electron chi connectivity index (χ2n) is 4.13. The van der Waals surface area contributed by atoms with E-state index < -0.39 is 0 Å². The summed E-state index contributed by atoms with van der Waals surface area (Å²) in [5, 5.41) is 1.18. The van der Waals surface area contributed by atoms with E-state index >= 15 is 0 Å². The first kappa shape index (κ1) is 10.5. The van der Waals surface area contributed by atoms with Crippen molar-refractivity contribution in [3.05, 3.63) is 59.9 Å². The third-order valence-electron chi connectivity index (χ3n) is 2.81. The molecule has 1 heterocycles. The first-order chi connectivity index (χ1) is 8.24. The summed E-state index contributed by atoms with van der Waals surface area (Å²) in [4.78, 5) is 0.990. The van der Waals surface area contributed by atoms with Gasteiger partial charge in [-0.2, -0.15) is 0 Å². The molecule has 0 atom stereocenters. The normalized spacial score (nSPS) is 10.9. The Morgan fingerprint density at radius 2 is 1.82 bits per heavy atom. The minimum absolute atomic E-state index is 0.157. The molecular formula is C15H11FS. The van der Waals surface area contributed by atoms with E-state index in [4.69, 9.17) is 0 Å². The fraction of sp³-hybridized carbons (Fsp3) is 0.0667. The van der Waals surface area contributed by atoms with Crippen molar-refractivity contribution < 1.29 is 4.39 Å². The predicted molar refractivity (Wildman–Crippen MR) is 72.0 cm³/mol. The lowest BCUT2D eigenvalue weighted by Gasteiger charge is -1.97. The summed E-state index contributed by atoms with van der Waals surface area (Å²) >= 11 is 1.64. The molecular weight excluding hydrogens is 231 g/mol. The Balaban J connectivity index is 2.22. The molecule has 2 aromatic carbocycles. The topological polar surface area (TPSA) is 0 Å². The van der Waals surface area contributed by atoms with Crippen molar-refractivity contribution >= 4 is 21.4 Å². The van der Waals surface area contributed by atoms with Crippen LogP contribution in [0.2, 0.25) is 0 Å². The molecule has 0 fully saturated rings. The fourth-order valence-corrected chi connectivity index (χ4v) is 3.12. The second-order valence-corrected chi connectivity index (χ2v) is 5.22. The van der Waals surface area contributed by atoms with Gasteiger partial charge in [-0.1, -0.05) is 30.3 Å². The summed E-state index contributed by atoms with van der Waals surface area (Å²) in [6.07, 6.45) is 0. The highest BCUT2D eigenvalue weighted by Crippen LogP contribution is 2.34. The van der Waals surface area contributed by atoms with E-state index in [2.05, 4.69) is 31.2 Å². The van der Waals surface area contributed by atoms with Gasteiger partial charge in [-0.15, -0.1) is 11.3 Å². The highest BCUT2D eigenvalue weighted by Gasteiger charge is 2.08. The average Bonchev–Trinajstić information content (AvgIpc) is 2.72. The first-order valence-corrected chi connectivity index (χ1v) is 6.31. The molecule has 0 saturated carbocycles. The van der Waals surface area contributed by atoms with E-state index in [1.54, 1.807) is 17.4 Å². The van der Waals surface area contributed by atoms with E-state index in [-0.39, 0.29) is 5.82 Å². The van der Waals surface area contributed by atoms with Gasteiger partial charge in [0.2, 0.25) is 0 Å². The van der Waals surface area contributed by atoms with Crippen LogP contribution in [0.15, 0.2) is 48.5 Å². The molecule has 0 amide bonds. The van der Waals surface area contributed by atoms with Crippen LogP contribution in [0.5, 0.6) is 0 Å². The standard InChI is InChI=1S/C15H11FS/c1-10-6-7-11-9-15(17-14(11)8-10)12-4-2-3-5-13(12)16/h2-9H,1H3. The van der Waals surface area contributed by atoms with Gasteiger partial charge in [-0.3, -0.25) is 0 Å². The summed E-state index contributed by atoms with van der Waals surface area (Å²) in [6, 6.07) is 15.3. The molecule has 17 heavy (non-hydrogen) atoms. The van der Waals surface area contributed by atoms with Crippen LogP contribution in [0.1, 0.15) is 5.56 Å². The van der Waals surface area contributed by atoms with Crippen LogP contribution in [0.3, 0.4) is 0 Å². The maximum atomic E-state index is 13.7. The molecule has 0 unspecified atom stereocenters. The van der Waals surface area contributed by atoms with Gasteiger partial charge in [0.1, 0.15) is 5.82 Å². The van der Waals surface area contributed by atoms with Crippen LogP contribution in [0.25, 0.3) is 20.5 Å².